The van der Waals surface area contributed by atoms with E-state index >= 15 is 0 Å². The SMILES string of the molecule is CCCCC[C@H]1N(C(=O)c2ccccc2C(N)=O)[C@@]12NC(=O)OCC(C)(C)[C@@H]2SC(C)=O. The summed E-state index contributed by atoms with van der Waals surface area (Å²) in [5.74, 6) is -1.09. The summed E-state index contributed by atoms with van der Waals surface area (Å²) >= 11 is 1.12. The molecular formula is C23H31N3O5S. The third kappa shape index (κ3) is 4.35. The molecule has 0 unspecified atom stereocenters. The smallest absolute Gasteiger partial charge is 0.409 e. The van der Waals surface area contributed by atoms with Crippen LogP contribution in [-0.2, 0) is 9.53 Å². The average Bonchev–Trinajstić information content (AvgIpc) is 3.38. The fraction of sp³-hybridized carbons (Fsp3) is 0.565. The van der Waals surface area contributed by atoms with E-state index in [-0.39, 0.29) is 28.9 Å². The minimum Gasteiger partial charge on any atom is -0.449 e. The molecule has 0 aliphatic carbocycles. The number of nitrogens with one attached hydrogen (secondary N) is 1. The van der Waals surface area contributed by atoms with Crippen molar-refractivity contribution in [1.82, 2.24) is 10.2 Å². The molecule has 9 heteroatoms. The molecule has 1 aromatic rings. The number of ether oxygens (including phenoxy) is 1. The minimum absolute atomic E-state index is 0.109. The molecular weight excluding hydrogens is 430 g/mol. The van der Waals surface area contributed by atoms with Gasteiger partial charge < -0.3 is 15.4 Å². The van der Waals surface area contributed by atoms with E-state index in [4.69, 9.17) is 10.5 Å². The molecule has 2 fully saturated rings. The quantitative estimate of drug-likeness (QED) is 0.475. The number of alkyl carbamates (subject to hydrolysis) is 1. The number of rotatable bonds is 7. The van der Waals surface area contributed by atoms with E-state index in [1.54, 1.807) is 23.1 Å². The predicted octanol–water partition coefficient (Wildman–Crippen LogP) is 3.30. The van der Waals surface area contributed by atoms with E-state index in [9.17, 15) is 19.2 Å². The second-order valence-corrected chi connectivity index (χ2v) is 10.4. The summed E-state index contributed by atoms with van der Waals surface area (Å²) in [4.78, 5) is 52.1. The van der Waals surface area contributed by atoms with E-state index in [1.165, 1.54) is 13.0 Å². The van der Waals surface area contributed by atoms with Crippen LogP contribution in [0.1, 0.15) is 74.1 Å². The Morgan fingerprint density at radius 3 is 2.47 bits per heavy atom. The van der Waals surface area contributed by atoms with Gasteiger partial charge in [0.25, 0.3) is 5.91 Å². The topological polar surface area (TPSA) is 119 Å². The van der Waals surface area contributed by atoms with E-state index < -0.39 is 34.2 Å². The van der Waals surface area contributed by atoms with Crippen molar-refractivity contribution >= 4 is 34.8 Å². The van der Waals surface area contributed by atoms with Crippen LogP contribution < -0.4 is 11.1 Å². The normalized spacial score (nSPS) is 26.1. The number of hydrogen-bond donors (Lipinski definition) is 2. The third-order valence-corrected chi connectivity index (χ3v) is 7.71. The van der Waals surface area contributed by atoms with Gasteiger partial charge in [0, 0.05) is 12.3 Å². The van der Waals surface area contributed by atoms with E-state index in [2.05, 4.69) is 12.2 Å². The molecule has 0 bridgehead atoms. The van der Waals surface area contributed by atoms with Crippen molar-refractivity contribution in [3.63, 3.8) is 0 Å². The van der Waals surface area contributed by atoms with Crippen molar-refractivity contribution in [2.24, 2.45) is 11.1 Å². The second-order valence-electron chi connectivity index (χ2n) is 9.10. The molecule has 32 heavy (non-hydrogen) atoms. The lowest BCUT2D eigenvalue weighted by Gasteiger charge is -2.35. The Bertz CT molecular complexity index is 934. The fourth-order valence-corrected chi connectivity index (χ4v) is 5.90. The zero-order valence-corrected chi connectivity index (χ0v) is 19.8. The lowest BCUT2D eigenvalue weighted by molar-refractivity contribution is -0.109. The summed E-state index contributed by atoms with van der Waals surface area (Å²) in [6.45, 7) is 7.54. The lowest BCUT2D eigenvalue weighted by Crippen LogP contribution is -2.53. The molecule has 3 atom stereocenters. The summed E-state index contributed by atoms with van der Waals surface area (Å²) in [7, 11) is 0. The highest BCUT2D eigenvalue weighted by Crippen LogP contribution is 2.55. The molecule has 2 aliphatic heterocycles. The summed E-state index contributed by atoms with van der Waals surface area (Å²) in [5, 5.41) is 2.38. The first-order valence-electron chi connectivity index (χ1n) is 10.9. The van der Waals surface area contributed by atoms with Crippen molar-refractivity contribution in [1.29, 1.82) is 0 Å². The number of cyclic esters (lactones) is 1. The largest absolute Gasteiger partial charge is 0.449 e. The number of primary amides is 1. The number of amides is 3. The van der Waals surface area contributed by atoms with Crippen LogP contribution in [0.3, 0.4) is 0 Å². The van der Waals surface area contributed by atoms with Gasteiger partial charge in [0.1, 0.15) is 0 Å². The van der Waals surface area contributed by atoms with E-state index in [1.807, 2.05) is 13.8 Å². The second kappa shape index (κ2) is 9.13. The van der Waals surface area contributed by atoms with Crippen molar-refractivity contribution < 1.29 is 23.9 Å². The third-order valence-electron chi connectivity index (χ3n) is 6.14. The fourth-order valence-electron chi connectivity index (χ4n) is 4.67. The number of carbonyl (C=O) groups excluding carboxylic acids is 4. The first-order valence-corrected chi connectivity index (χ1v) is 11.8. The summed E-state index contributed by atoms with van der Waals surface area (Å²) < 4.78 is 5.39. The maximum Gasteiger partial charge on any atom is 0.409 e. The van der Waals surface area contributed by atoms with Crippen LogP contribution in [0.5, 0.6) is 0 Å². The van der Waals surface area contributed by atoms with Gasteiger partial charge in [-0.1, -0.05) is 63.9 Å². The van der Waals surface area contributed by atoms with Crippen LogP contribution in [0.25, 0.3) is 0 Å². The number of unbranched alkanes of at least 4 members (excludes halogenated alkanes) is 2. The van der Waals surface area contributed by atoms with Gasteiger partial charge in [-0.3, -0.25) is 19.7 Å². The van der Waals surface area contributed by atoms with Gasteiger partial charge in [0.15, 0.2) is 10.8 Å². The van der Waals surface area contributed by atoms with Crippen molar-refractivity contribution in [2.75, 3.05) is 6.61 Å². The molecule has 2 aliphatic rings. The predicted molar refractivity (Wildman–Crippen MR) is 122 cm³/mol. The van der Waals surface area contributed by atoms with Crippen LogP contribution in [0.2, 0.25) is 0 Å². The first kappa shape index (κ1) is 24.1. The molecule has 2 saturated heterocycles. The number of carbonyl (C=O) groups is 4. The molecule has 3 N–H and O–H groups in total. The van der Waals surface area contributed by atoms with Gasteiger partial charge >= 0.3 is 6.09 Å². The molecule has 0 aromatic heterocycles. The number of nitrogens with two attached hydrogens (primary N) is 1. The Labute approximate surface area is 192 Å². The van der Waals surface area contributed by atoms with Gasteiger partial charge in [-0.15, -0.1) is 0 Å². The molecule has 8 nitrogen and oxygen atoms in total. The highest BCUT2D eigenvalue weighted by molar-refractivity contribution is 8.14. The van der Waals surface area contributed by atoms with Gasteiger partial charge in [-0.2, -0.15) is 0 Å². The first-order chi connectivity index (χ1) is 15.1. The molecule has 1 aromatic carbocycles. The molecule has 3 amide bonds. The van der Waals surface area contributed by atoms with E-state index in [0.717, 1.165) is 31.0 Å². The van der Waals surface area contributed by atoms with Gasteiger partial charge in [0.2, 0.25) is 5.91 Å². The highest BCUT2D eigenvalue weighted by atomic mass is 32.2. The van der Waals surface area contributed by atoms with Crippen LogP contribution in [0.4, 0.5) is 4.79 Å². The molecule has 2 heterocycles. The zero-order chi connectivity index (χ0) is 23.7. The molecule has 1 spiro atoms. The number of hydrogen-bond acceptors (Lipinski definition) is 6. The molecule has 0 saturated carbocycles. The number of benzene rings is 1. The number of thioether (sulfide) groups is 1. The Hall–Kier alpha value is -2.55. The zero-order valence-electron chi connectivity index (χ0n) is 19.0. The summed E-state index contributed by atoms with van der Waals surface area (Å²) in [6, 6.07) is 6.06. The van der Waals surface area contributed by atoms with Crippen LogP contribution in [0.15, 0.2) is 24.3 Å². The highest BCUT2D eigenvalue weighted by Gasteiger charge is 2.73. The average molecular weight is 462 g/mol. The maximum atomic E-state index is 13.7. The number of nitrogens with zero attached hydrogens (tertiary/aromatic N) is 1. The van der Waals surface area contributed by atoms with Crippen LogP contribution in [0, 0.1) is 5.41 Å². The van der Waals surface area contributed by atoms with Gasteiger partial charge in [-0.05, 0) is 18.6 Å². The Morgan fingerprint density at radius 1 is 1.22 bits per heavy atom. The lowest BCUT2D eigenvalue weighted by atomic mass is 9.84. The van der Waals surface area contributed by atoms with Crippen molar-refractivity contribution in [3.8, 4) is 0 Å². The van der Waals surface area contributed by atoms with E-state index in [0.29, 0.717) is 6.42 Å². The van der Waals surface area contributed by atoms with Crippen molar-refractivity contribution in [3.05, 3.63) is 35.4 Å². The van der Waals surface area contributed by atoms with Gasteiger partial charge in [-0.25, -0.2) is 4.79 Å². The monoisotopic (exact) mass is 461 g/mol. The molecule has 3 rings (SSSR count). The van der Waals surface area contributed by atoms with Crippen molar-refractivity contribution in [2.45, 2.75) is 70.3 Å². The minimum atomic E-state index is -1.09. The van der Waals surface area contributed by atoms with Crippen LogP contribution in [-0.4, -0.2) is 51.5 Å². The Balaban J connectivity index is 2.10. The molecule has 174 valence electrons. The Morgan fingerprint density at radius 2 is 1.88 bits per heavy atom. The summed E-state index contributed by atoms with van der Waals surface area (Å²) in [5.41, 5.74) is 4.13. The van der Waals surface area contributed by atoms with Gasteiger partial charge in [0.05, 0.1) is 29.0 Å². The Kier molecular flexibility index (Phi) is 6.88. The standard InChI is InChI=1S/C23H31N3O5S/c1-5-6-7-12-17-23(20(32-14(2)27)22(3,4)13-31-21(30)25-23)26(17)19(29)16-11-9-8-10-15(16)18(24)28/h8-11,17,20H,5-7,12-13H2,1-4H3,(H2,24,28)(H,25,30)/t17-,20+,23+,26?/m1/s1. The summed E-state index contributed by atoms with van der Waals surface area (Å²) in [6.07, 6.45) is 2.88. The van der Waals surface area contributed by atoms with Crippen LogP contribution >= 0.6 is 11.8 Å². The molecule has 0 radical (unpaired) electrons. The maximum absolute atomic E-state index is 13.7.